The Hall–Kier alpha value is -2.65. The first-order chi connectivity index (χ1) is 13.2. The molecule has 1 aliphatic heterocycles. The summed E-state index contributed by atoms with van der Waals surface area (Å²) in [4.78, 5) is 30.9. The molecule has 1 aromatic heterocycles. The zero-order chi connectivity index (χ0) is 19.1. The third kappa shape index (κ3) is 5.18. The van der Waals surface area contributed by atoms with Gasteiger partial charge >= 0.3 is 0 Å². The van der Waals surface area contributed by atoms with Crippen molar-refractivity contribution in [2.75, 3.05) is 37.8 Å². The van der Waals surface area contributed by atoms with Gasteiger partial charge in [0.15, 0.2) is 5.13 Å². The zero-order valence-electron chi connectivity index (χ0n) is 15.1. The molecule has 0 radical (unpaired) electrons. The van der Waals surface area contributed by atoms with Crippen LogP contribution in [0.1, 0.15) is 34.2 Å². The van der Waals surface area contributed by atoms with Gasteiger partial charge in [-0.3, -0.25) is 20.4 Å². The molecule has 2 amide bonds. The van der Waals surface area contributed by atoms with Gasteiger partial charge in [0.2, 0.25) is 0 Å². The lowest BCUT2D eigenvalue weighted by Crippen LogP contribution is -2.41. The summed E-state index contributed by atoms with van der Waals surface area (Å²) in [5, 5.41) is 2.45. The second-order valence-corrected chi connectivity index (χ2v) is 6.74. The van der Waals surface area contributed by atoms with E-state index in [0.717, 1.165) is 24.6 Å². The number of anilines is 1. The van der Waals surface area contributed by atoms with Crippen LogP contribution in [0.3, 0.4) is 0 Å². The Labute approximate surface area is 161 Å². The summed E-state index contributed by atoms with van der Waals surface area (Å²) in [6, 6.07) is 6.81. The lowest BCUT2D eigenvalue weighted by molar-refractivity contribution is 0.0844. The van der Waals surface area contributed by atoms with Crippen molar-refractivity contribution < 1.29 is 19.1 Å². The van der Waals surface area contributed by atoms with Crippen LogP contribution in [0.5, 0.6) is 5.75 Å². The Bertz CT molecular complexity index is 789. The summed E-state index contributed by atoms with van der Waals surface area (Å²) < 4.78 is 10.8. The van der Waals surface area contributed by atoms with Crippen LogP contribution in [0, 0.1) is 0 Å². The number of hydrogen-bond acceptors (Lipinski definition) is 7. The molecule has 0 saturated carbocycles. The molecule has 8 nitrogen and oxygen atoms in total. The van der Waals surface area contributed by atoms with Crippen molar-refractivity contribution in [2.45, 2.75) is 13.3 Å². The molecule has 2 N–H and O–H groups in total. The molecule has 0 atom stereocenters. The lowest BCUT2D eigenvalue weighted by Gasteiger charge is -2.25. The van der Waals surface area contributed by atoms with Crippen LogP contribution in [0.25, 0.3) is 0 Å². The molecule has 3 rings (SSSR count). The lowest BCUT2D eigenvalue weighted by atomic mass is 10.2. The fraction of sp³-hybridized carbons (Fsp3) is 0.389. The summed E-state index contributed by atoms with van der Waals surface area (Å²) in [5.74, 6) is -0.267. The van der Waals surface area contributed by atoms with Crippen molar-refractivity contribution >= 4 is 28.3 Å². The van der Waals surface area contributed by atoms with E-state index in [1.165, 1.54) is 11.3 Å². The predicted octanol–water partition coefficient (Wildman–Crippen LogP) is 1.84. The van der Waals surface area contributed by atoms with E-state index in [2.05, 4.69) is 20.7 Å². The highest BCUT2D eigenvalue weighted by Gasteiger charge is 2.18. The maximum Gasteiger partial charge on any atom is 0.289 e. The van der Waals surface area contributed by atoms with E-state index in [0.29, 0.717) is 31.1 Å². The maximum atomic E-state index is 12.2. The van der Waals surface area contributed by atoms with Gasteiger partial charge in [-0.15, -0.1) is 11.3 Å². The normalized spacial score (nSPS) is 13.9. The van der Waals surface area contributed by atoms with Crippen LogP contribution in [0.2, 0.25) is 0 Å². The second-order valence-electron chi connectivity index (χ2n) is 5.90. The van der Waals surface area contributed by atoms with Crippen molar-refractivity contribution in [1.82, 2.24) is 15.8 Å². The van der Waals surface area contributed by atoms with E-state index in [1.54, 1.807) is 29.6 Å². The average molecular weight is 390 g/mol. The second kappa shape index (κ2) is 9.33. The molecule has 144 valence electrons. The van der Waals surface area contributed by atoms with Crippen molar-refractivity contribution in [3.8, 4) is 5.75 Å². The minimum Gasteiger partial charge on any atom is -0.494 e. The first kappa shape index (κ1) is 19.1. The van der Waals surface area contributed by atoms with Crippen molar-refractivity contribution in [3.63, 3.8) is 0 Å². The fourth-order valence-electron chi connectivity index (χ4n) is 2.47. The molecule has 2 heterocycles. The molecule has 1 fully saturated rings. The molecule has 1 aliphatic rings. The number of rotatable bonds is 6. The van der Waals surface area contributed by atoms with Crippen LogP contribution in [-0.2, 0) is 4.74 Å². The largest absolute Gasteiger partial charge is 0.494 e. The highest BCUT2D eigenvalue weighted by molar-refractivity contribution is 7.13. The Morgan fingerprint density at radius 2 is 2.04 bits per heavy atom. The van der Waals surface area contributed by atoms with E-state index in [-0.39, 0.29) is 5.69 Å². The SMILES string of the molecule is CCCOc1cccc(C(=O)NNC(=O)c2csc(N3CCOCC3)n2)c1. The van der Waals surface area contributed by atoms with E-state index in [4.69, 9.17) is 9.47 Å². The number of morpholine rings is 1. The smallest absolute Gasteiger partial charge is 0.289 e. The number of nitrogens with one attached hydrogen (secondary N) is 2. The molecular weight excluding hydrogens is 368 g/mol. The number of thiazole rings is 1. The van der Waals surface area contributed by atoms with Gasteiger partial charge in [0.1, 0.15) is 11.4 Å². The van der Waals surface area contributed by atoms with Crippen LogP contribution < -0.4 is 20.5 Å². The van der Waals surface area contributed by atoms with Crippen LogP contribution in [-0.4, -0.2) is 49.7 Å². The van der Waals surface area contributed by atoms with Crippen LogP contribution in [0.4, 0.5) is 5.13 Å². The fourth-order valence-corrected chi connectivity index (χ4v) is 3.32. The van der Waals surface area contributed by atoms with E-state index in [9.17, 15) is 9.59 Å². The molecule has 0 bridgehead atoms. The van der Waals surface area contributed by atoms with Gasteiger partial charge in [-0.2, -0.15) is 0 Å². The molecule has 27 heavy (non-hydrogen) atoms. The number of benzene rings is 1. The third-order valence-corrected chi connectivity index (χ3v) is 4.77. The van der Waals surface area contributed by atoms with Gasteiger partial charge in [-0.05, 0) is 24.6 Å². The highest BCUT2D eigenvalue weighted by atomic mass is 32.1. The van der Waals surface area contributed by atoms with Gasteiger partial charge < -0.3 is 14.4 Å². The van der Waals surface area contributed by atoms with Gasteiger partial charge in [0, 0.05) is 24.0 Å². The quantitative estimate of drug-likeness (QED) is 0.731. The minimum atomic E-state index is -0.461. The maximum absolute atomic E-state index is 12.2. The molecule has 1 saturated heterocycles. The van der Waals surface area contributed by atoms with Gasteiger partial charge in [0.25, 0.3) is 11.8 Å². The monoisotopic (exact) mass is 390 g/mol. The number of aromatic nitrogens is 1. The summed E-state index contributed by atoms with van der Waals surface area (Å²) in [6.07, 6.45) is 0.882. The summed E-state index contributed by atoms with van der Waals surface area (Å²) in [7, 11) is 0. The molecule has 2 aromatic rings. The third-order valence-electron chi connectivity index (χ3n) is 3.86. The highest BCUT2D eigenvalue weighted by Crippen LogP contribution is 2.21. The van der Waals surface area contributed by atoms with Crippen molar-refractivity contribution in [3.05, 3.63) is 40.9 Å². The number of hydrogen-bond donors (Lipinski definition) is 2. The number of amides is 2. The van der Waals surface area contributed by atoms with Crippen molar-refractivity contribution in [1.29, 1.82) is 0 Å². The number of carbonyl (C=O) groups excluding carboxylic acids is 2. The molecule has 0 spiro atoms. The van der Waals surface area contributed by atoms with Crippen LogP contribution >= 0.6 is 11.3 Å². The van der Waals surface area contributed by atoms with Gasteiger partial charge in [-0.1, -0.05) is 13.0 Å². The van der Waals surface area contributed by atoms with Gasteiger partial charge in [0.05, 0.1) is 19.8 Å². The summed E-state index contributed by atoms with van der Waals surface area (Å²) >= 11 is 1.39. The molecule has 0 unspecified atom stereocenters. The number of hydrazine groups is 1. The van der Waals surface area contributed by atoms with E-state index >= 15 is 0 Å². The summed E-state index contributed by atoms with van der Waals surface area (Å²) in [6.45, 7) is 5.39. The van der Waals surface area contributed by atoms with E-state index in [1.807, 2.05) is 6.92 Å². The average Bonchev–Trinajstić information content (AvgIpc) is 3.21. The first-order valence-electron chi connectivity index (χ1n) is 8.79. The zero-order valence-corrected chi connectivity index (χ0v) is 15.9. The minimum absolute atomic E-state index is 0.266. The topological polar surface area (TPSA) is 92.8 Å². The number of carbonyl (C=O) groups is 2. The Morgan fingerprint density at radius 3 is 2.81 bits per heavy atom. The summed E-state index contributed by atoms with van der Waals surface area (Å²) in [5.41, 5.74) is 5.47. The Balaban J connectivity index is 1.54. The Kier molecular flexibility index (Phi) is 6.61. The molecule has 9 heteroatoms. The number of nitrogens with zero attached hydrogens (tertiary/aromatic N) is 2. The first-order valence-corrected chi connectivity index (χ1v) is 9.67. The van der Waals surface area contributed by atoms with E-state index < -0.39 is 11.8 Å². The molecule has 1 aromatic carbocycles. The van der Waals surface area contributed by atoms with Gasteiger partial charge in [-0.25, -0.2) is 4.98 Å². The van der Waals surface area contributed by atoms with Crippen molar-refractivity contribution in [2.24, 2.45) is 0 Å². The molecule has 0 aliphatic carbocycles. The standard InChI is InChI=1S/C18H22N4O4S/c1-2-8-26-14-5-3-4-13(11-14)16(23)20-21-17(24)15-12-27-18(19-15)22-6-9-25-10-7-22/h3-5,11-12H,2,6-10H2,1H3,(H,20,23)(H,21,24). The predicted molar refractivity (Wildman–Crippen MR) is 102 cm³/mol. The molecular formula is C18H22N4O4S. The van der Waals surface area contributed by atoms with Crippen LogP contribution in [0.15, 0.2) is 29.6 Å². The Morgan fingerprint density at radius 1 is 1.26 bits per heavy atom. The number of ether oxygens (including phenoxy) is 2.